The third kappa shape index (κ3) is 4.31. The molecule has 1 amide bonds. The number of halogens is 1. The molecule has 2 fully saturated rings. The predicted molar refractivity (Wildman–Crippen MR) is 103 cm³/mol. The normalized spacial score (nSPS) is 17.5. The van der Waals surface area contributed by atoms with Crippen LogP contribution in [-0.4, -0.2) is 55.0 Å². The number of amides is 1. The molecule has 1 aromatic carbocycles. The van der Waals surface area contributed by atoms with E-state index in [0.717, 1.165) is 44.8 Å². The van der Waals surface area contributed by atoms with Gasteiger partial charge in [-0.05, 0) is 25.3 Å². The lowest BCUT2D eigenvalue weighted by atomic mass is 10.1. The number of benzene rings is 1. The molecule has 7 nitrogen and oxygen atoms in total. The monoisotopic (exact) mass is 378 g/mol. The molecule has 3 rings (SSSR count). The van der Waals surface area contributed by atoms with Gasteiger partial charge in [0.05, 0.1) is 16.7 Å². The minimum absolute atomic E-state index is 0.142. The molecule has 2 aliphatic heterocycles. The van der Waals surface area contributed by atoms with Gasteiger partial charge in [-0.2, -0.15) is 0 Å². The fraction of sp³-hybridized carbons (Fsp3) is 0.632. The Morgan fingerprint density at radius 2 is 1.70 bits per heavy atom. The van der Waals surface area contributed by atoms with E-state index < -0.39 is 10.7 Å². The number of nitrogens with zero attached hydrogens (tertiary/aromatic N) is 4. The maximum Gasteiger partial charge on any atom is 0.295 e. The number of carbonyl (C=O) groups is 1. The SMILES string of the molecule is CCCCC(=O)N1CCN(c2cc(N3CCCC3)c(F)cc2[N+](=O)[O-])CC1. The van der Waals surface area contributed by atoms with Crippen molar-refractivity contribution < 1.29 is 14.1 Å². The first-order valence-corrected chi connectivity index (χ1v) is 9.77. The Hall–Kier alpha value is -2.38. The van der Waals surface area contributed by atoms with Gasteiger partial charge in [-0.1, -0.05) is 13.3 Å². The smallest absolute Gasteiger partial charge is 0.295 e. The number of hydrogen-bond acceptors (Lipinski definition) is 5. The fourth-order valence-electron chi connectivity index (χ4n) is 3.82. The zero-order valence-corrected chi connectivity index (χ0v) is 15.8. The minimum Gasteiger partial charge on any atom is -0.369 e. The van der Waals surface area contributed by atoms with Crippen molar-refractivity contribution in [2.75, 3.05) is 49.1 Å². The van der Waals surface area contributed by atoms with Crippen molar-refractivity contribution in [1.82, 2.24) is 4.90 Å². The maximum absolute atomic E-state index is 14.5. The van der Waals surface area contributed by atoms with E-state index in [1.165, 1.54) is 0 Å². The summed E-state index contributed by atoms with van der Waals surface area (Å²) < 4.78 is 14.5. The number of nitro groups is 1. The van der Waals surface area contributed by atoms with Crippen LogP contribution in [0.2, 0.25) is 0 Å². The molecule has 8 heteroatoms. The van der Waals surface area contributed by atoms with Crippen LogP contribution < -0.4 is 9.80 Å². The highest BCUT2D eigenvalue weighted by atomic mass is 19.1. The Kier molecular flexibility index (Phi) is 6.13. The first-order chi connectivity index (χ1) is 13.0. The van der Waals surface area contributed by atoms with E-state index in [9.17, 15) is 19.3 Å². The topological polar surface area (TPSA) is 69.9 Å². The summed E-state index contributed by atoms with van der Waals surface area (Å²) in [5.41, 5.74) is 0.680. The highest BCUT2D eigenvalue weighted by Gasteiger charge is 2.29. The molecule has 148 valence electrons. The summed E-state index contributed by atoms with van der Waals surface area (Å²) in [5.74, 6) is -0.399. The number of piperazine rings is 1. The van der Waals surface area contributed by atoms with Crippen LogP contribution in [0, 0.1) is 15.9 Å². The lowest BCUT2D eigenvalue weighted by Crippen LogP contribution is -2.49. The first kappa shape index (κ1) is 19.4. The zero-order chi connectivity index (χ0) is 19.4. The maximum atomic E-state index is 14.5. The van der Waals surface area contributed by atoms with Crippen molar-refractivity contribution >= 4 is 23.0 Å². The van der Waals surface area contributed by atoms with Gasteiger partial charge >= 0.3 is 0 Å². The van der Waals surface area contributed by atoms with E-state index in [1.807, 2.05) is 14.7 Å². The van der Waals surface area contributed by atoms with E-state index in [0.29, 0.717) is 44.0 Å². The molecule has 0 unspecified atom stereocenters. The molecule has 0 aromatic heterocycles. The van der Waals surface area contributed by atoms with Crippen LogP contribution in [0.1, 0.15) is 39.0 Å². The van der Waals surface area contributed by atoms with Crippen LogP contribution in [0.5, 0.6) is 0 Å². The van der Waals surface area contributed by atoms with Crippen LogP contribution in [0.15, 0.2) is 12.1 Å². The molecular weight excluding hydrogens is 351 g/mol. The molecule has 0 spiro atoms. The molecule has 2 saturated heterocycles. The Labute approximate surface area is 158 Å². The van der Waals surface area contributed by atoms with Crippen molar-refractivity contribution in [3.8, 4) is 0 Å². The van der Waals surface area contributed by atoms with Crippen LogP contribution in [0.25, 0.3) is 0 Å². The van der Waals surface area contributed by atoms with Crippen molar-refractivity contribution in [3.63, 3.8) is 0 Å². The second-order valence-electron chi connectivity index (χ2n) is 7.21. The highest BCUT2D eigenvalue weighted by molar-refractivity contribution is 5.77. The fourth-order valence-corrected chi connectivity index (χ4v) is 3.82. The van der Waals surface area contributed by atoms with Crippen LogP contribution in [0.3, 0.4) is 0 Å². The molecule has 0 atom stereocenters. The largest absolute Gasteiger partial charge is 0.369 e. The van der Waals surface area contributed by atoms with Crippen molar-refractivity contribution in [2.24, 2.45) is 0 Å². The Bertz CT molecular complexity index is 698. The molecule has 27 heavy (non-hydrogen) atoms. The van der Waals surface area contributed by atoms with E-state index in [4.69, 9.17) is 0 Å². The van der Waals surface area contributed by atoms with Gasteiger partial charge < -0.3 is 14.7 Å². The van der Waals surface area contributed by atoms with Crippen LogP contribution in [-0.2, 0) is 4.79 Å². The summed E-state index contributed by atoms with van der Waals surface area (Å²) in [6, 6.07) is 2.66. The van der Waals surface area contributed by atoms with Gasteiger partial charge in [0.15, 0.2) is 5.82 Å². The van der Waals surface area contributed by atoms with E-state index in [-0.39, 0.29) is 11.6 Å². The molecule has 0 aliphatic carbocycles. The molecule has 2 aliphatic rings. The Balaban J connectivity index is 1.78. The average Bonchev–Trinajstić information content (AvgIpc) is 3.20. The van der Waals surface area contributed by atoms with Gasteiger partial charge in [0, 0.05) is 45.7 Å². The minimum atomic E-state index is -0.541. The third-order valence-electron chi connectivity index (χ3n) is 5.40. The Morgan fingerprint density at radius 3 is 2.30 bits per heavy atom. The lowest BCUT2D eigenvalue weighted by molar-refractivity contribution is -0.384. The van der Waals surface area contributed by atoms with Gasteiger partial charge in [-0.15, -0.1) is 0 Å². The van der Waals surface area contributed by atoms with Crippen molar-refractivity contribution in [2.45, 2.75) is 39.0 Å². The van der Waals surface area contributed by atoms with Crippen LogP contribution in [0.4, 0.5) is 21.5 Å². The number of nitro benzene ring substituents is 1. The summed E-state index contributed by atoms with van der Waals surface area (Å²) in [5, 5.41) is 11.5. The average molecular weight is 378 g/mol. The molecule has 1 aromatic rings. The first-order valence-electron chi connectivity index (χ1n) is 9.77. The second-order valence-corrected chi connectivity index (χ2v) is 7.21. The number of carbonyl (C=O) groups excluding carboxylic acids is 1. The number of unbranched alkanes of at least 4 members (excludes halogenated alkanes) is 1. The molecule has 0 saturated carbocycles. The summed E-state index contributed by atoms with van der Waals surface area (Å²) in [7, 11) is 0. The molecule has 0 N–H and O–H groups in total. The van der Waals surface area contributed by atoms with E-state index >= 15 is 0 Å². The van der Waals surface area contributed by atoms with Gasteiger partial charge in [-0.25, -0.2) is 4.39 Å². The summed E-state index contributed by atoms with van der Waals surface area (Å²) in [6.45, 7) is 5.71. The number of hydrogen-bond donors (Lipinski definition) is 0. The quantitative estimate of drug-likeness (QED) is 0.562. The summed E-state index contributed by atoms with van der Waals surface area (Å²) in [4.78, 5) is 28.8. The number of anilines is 2. The predicted octanol–water partition coefficient (Wildman–Crippen LogP) is 3.17. The van der Waals surface area contributed by atoms with Crippen LogP contribution >= 0.6 is 0 Å². The lowest BCUT2D eigenvalue weighted by Gasteiger charge is -2.36. The van der Waals surface area contributed by atoms with E-state index in [2.05, 4.69) is 6.92 Å². The zero-order valence-electron chi connectivity index (χ0n) is 15.8. The standard InChI is InChI=1S/C19H27FN4O3/c1-2-3-6-19(25)23-11-9-22(10-12-23)17-14-16(21-7-4-5-8-21)15(20)13-18(17)24(26)27/h13-14H,2-12H2,1H3. The van der Waals surface area contributed by atoms with Crippen molar-refractivity contribution in [3.05, 3.63) is 28.1 Å². The molecule has 2 heterocycles. The highest BCUT2D eigenvalue weighted by Crippen LogP contribution is 2.36. The van der Waals surface area contributed by atoms with Gasteiger partial charge in [0.25, 0.3) is 5.69 Å². The van der Waals surface area contributed by atoms with Crippen molar-refractivity contribution in [1.29, 1.82) is 0 Å². The van der Waals surface area contributed by atoms with Gasteiger partial charge in [0.2, 0.25) is 5.91 Å². The third-order valence-corrected chi connectivity index (χ3v) is 5.40. The molecule has 0 bridgehead atoms. The Morgan fingerprint density at radius 1 is 1.07 bits per heavy atom. The van der Waals surface area contributed by atoms with E-state index in [1.54, 1.807) is 6.07 Å². The van der Waals surface area contributed by atoms with Gasteiger partial charge in [-0.3, -0.25) is 14.9 Å². The summed E-state index contributed by atoms with van der Waals surface area (Å²) >= 11 is 0. The molecular formula is C19H27FN4O3. The molecule has 0 radical (unpaired) electrons. The number of rotatable bonds is 6. The van der Waals surface area contributed by atoms with Gasteiger partial charge in [0.1, 0.15) is 5.69 Å². The second kappa shape index (κ2) is 8.54. The summed E-state index contributed by atoms with van der Waals surface area (Å²) in [6.07, 6.45) is 4.41.